The van der Waals surface area contributed by atoms with Crippen LogP contribution in [0.15, 0.2) is 59.5 Å². The first-order valence-corrected chi connectivity index (χ1v) is 10.7. The molecule has 0 spiro atoms. The summed E-state index contributed by atoms with van der Waals surface area (Å²) in [7, 11) is 1.58. The Morgan fingerprint density at radius 3 is 2.44 bits per heavy atom. The van der Waals surface area contributed by atoms with Crippen molar-refractivity contribution in [3.05, 3.63) is 87.6 Å². The zero-order valence-electron chi connectivity index (χ0n) is 18.9. The molecule has 0 saturated heterocycles. The number of hydrogen-bond acceptors (Lipinski definition) is 5. The predicted octanol–water partition coefficient (Wildman–Crippen LogP) is 4.18. The summed E-state index contributed by atoms with van der Waals surface area (Å²) in [6, 6.07) is 16.1. The van der Waals surface area contributed by atoms with Crippen LogP contribution in [0.5, 0.6) is 5.75 Å². The number of nitrogens with zero attached hydrogens (tertiary/aromatic N) is 5. The molecule has 0 fully saturated rings. The molecule has 0 radical (unpaired) electrons. The summed E-state index contributed by atoms with van der Waals surface area (Å²) in [5.41, 5.74) is 6.64. The van der Waals surface area contributed by atoms with Gasteiger partial charge >= 0.3 is 5.69 Å². The van der Waals surface area contributed by atoms with Gasteiger partial charge in [0.15, 0.2) is 0 Å². The van der Waals surface area contributed by atoms with Gasteiger partial charge in [-0.3, -0.25) is 4.98 Å². The standard InChI is InChI=1S/C25H27N5O2/c1-5-7-21-12-10-20(15-26-21)19-11-13-24(18(3)14-19)32-16-22-17(2)8-6-9-23(22)30-25(31)29(4)27-28-30/h6,8-15H,5,7,16H2,1-4H3. The summed E-state index contributed by atoms with van der Waals surface area (Å²) in [5, 5.41) is 7.80. The van der Waals surface area contributed by atoms with E-state index in [1.54, 1.807) is 7.05 Å². The van der Waals surface area contributed by atoms with Gasteiger partial charge in [-0.15, -0.1) is 0 Å². The monoisotopic (exact) mass is 429 g/mol. The van der Waals surface area contributed by atoms with Crippen LogP contribution in [-0.4, -0.2) is 24.8 Å². The zero-order chi connectivity index (χ0) is 22.7. The van der Waals surface area contributed by atoms with Crippen molar-refractivity contribution < 1.29 is 4.74 Å². The zero-order valence-corrected chi connectivity index (χ0v) is 18.9. The molecule has 0 aliphatic rings. The van der Waals surface area contributed by atoms with Crippen molar-refractivity contribution in [2.75, 3.05) is 0 Å². The van der Waals surface area contributed by atoms with Crippen molar-refractivity contribution in [1.29, 1.82) is 0 Å². The average molecular weight is 430 g/mol. The van der Waals surface area contributed by atoms with Gasteiger partial charge in [-0.05, 0) is 71.7 Å². The molecule has 0 aliphatic carbocycles. The van der Waals surface area contributed by atoms with Crippen LogP contribution in [0.3, 0.4) is 0 Å². The van der Waals surface area contributed by atoms with Gasteiger partial charge < -0.3 is 4.74 Å². The van der Waals surface area contributed by atoms with E-state index >= 15 is 0 Å². The molecule has 0 bridgehead atoms. The maximum Gasteiger partial charge on any atom is 0.368 e. The van der Waals surface area contributed by atoms with Crippen LogP contribution in [0.25, 0.3) is 16.8 Å². The third-order valence-electron chi connectivity index (χ3n) is 5.55. The van der Waals surface area contributed by atoms with E-state index in [2.05, 4.69) is 40.5 Å². The molecule has 2 aromatic heterocycles. The van der Waals surface area contributed by atoms with Crippen molar-refractivity contribution in [2.24, 2.45) is 7.05 Å². The second-order valence-electron chi connectivity index (χ2n) is 7.93. The molecule has 164 valence electrons. The van der Waals surface area contributed by atoms with Gasteiger partial charge in [0.2, 0.25) is 0 Å². The number of pyridine rings is 1. The van der Waals surface area contributed by atoms with Gasteiger partial charge in [-0.2, -0.15) is 9.36 Å². The fourth-order valence-corrected chi connectivity index (χ4v) is 3.68. The van der Waals surface area contributed by atoms with Gasteiger partial charge in [0.25, 0.3) is 0 Å². The summed E-state index contributed by atoms with van der Waals surface area (Å²) in [6.45, 7) is 6.50. The predicted molar refractivity (Wildman–Crippen MR) is 124 cm³/mol. The molecule has 0 saturated carbocycles. The van der Waals surface area contributed by atoms with Gasteiger partial charge in [0, 0.05) is 30.1 Å². The molecule has 7 nitrogen and oxygen atoms in total. The van der Waals surface area contributed by atoms with Crippen LogP contribution in [0.4, 0.5) is 0 Å². The molecular formula is C25H27N5O2. The smallest absolute Gasteiger partial charge is 0.368 e. The van der Waals surface area contributed by atoms with E-state index in [4.69, 9.17) is 4.74 Å². The van der Waals surface area contributed by atoms with E-state index in [1.807, 2.05) is 50.4 Å². The Hall–Kier alpha value is -3.74. The first-order valence-electron chi connectivity index (χ1n) is 10.7. The van der Waals surface area contributed by atoms with Gasteiger partial charge in [-0.25, -0.2) is 4.79 Å². The molecule has 0 N–H and O–H groups in total. The molecule has 0 atom stereocenters. The topological polar surface area (TPSA) is 74.8 Å². The van der Waals surface area contributed by atoms with E-state index in [-0.39, 0.29) is 5.69 Å². The van der Waals surface area contributed by atoms with Crippen LogP contribution in [0.2, 0.25) is 0 Å². The lowest BCUT2D eigenvalue weighted by Gasteiger charge is -2.15. The third kappa shape index (κ3) is 4.32. The Balaban J connectivity index is 1.56. The molecule has 2 aromatic carbocycles. The minimum atomic E-state index is -0.295. The summed E-state index contributed by atoms with van der Waals surface area (Å²) in [6.07, 6.45) is 4.01. The lowest BCUT2D eigenvalue weighted by atomic mass is 10.0. The minimum Gasteiger partial charge on any atom is -0.489 e. The van der Waals surface area contributed by atoms with Gasteiger partial charge in [0.05, 0.1) is 5.69 Å². The Kier molecular flexibility index (Phi) is 6.16. The fourth-order valence-electron chi connectivity index (χ4n) is 3.68. The second-order valence-corrected chi connectivity index (χ2v) is 7.93. The highest BCUT2D eigenvalue weighted by Gasteiger charge is 2.14. The molecule has 2 heterocycles. The highest BCUT2D eigenvalue weighted by molar-refractivity contribution is 5.65. The van der Waals surface area contributed by atoms with E-state index in [0.29, 0.717) is 12.3 Å². The molecule has 0 aliphatic heterocycles. The Labute approximate surface area is 187 Å². The van der Waals surface area contributed by atoms with Gasteiger partial charge in [-0.1, -0.05) is 37.6 Å². The van der Waals surface area contributed by atoms with Gasteiger partial charge in [0.1, 0.15) is 12.4 Å². The van der Waals surface area contributed by atoms with Crippen molar-refractivity contribution in [3.63, 3.8) is 0 Å². The SMILES string of the molecule is CCCc1ccc(-c2ccc(OCc3c(C)cccc3-n3nnn(C)c3=O)c(C)c2)cn1. The molecular weight excluding hydrogens is 402 g/mol. The summed E-state index contributed by atoms with van der Waals surface area (Å²) < 4.78 is 8.68. The fraction of sp³-hybridized carbons (Fsp3) is 0.280. The number of aromatic nitrogens is 5. The third-order valence-corrected chi connectivity index (χ3v) is 5.55. The molecule has 4 aromatic rings. The van der Waals surface area contributed by atoms with Crippen LogP contribution >= 0.6 is 0 Å². The summed E-state index contributed by atoms with van der Waals surface area (Å²) in [4.78, 5) is 16.9. The van der Waals surface area contributed by atoms with Crippen molar-refractivity contribution >= 4 is 0 Å². The quantitative estimate of drug-likeness (QED) is 0.441. The molecule has 4 rings (SSSR count). The van der Waals surface area contributed by atoms with E-state index in [9.17, 15) is 4.79 Å². The normalized spacial score (nSPS) is 11.0. The Morgan fingerprint density at radius 1 is 0.969 bits per heavy atom. The van der Waals surface area contributed by atoms with Crippen LogP contribution in [-0.2, 0) is 20.1 Å². The maximum atomic E-state index is 12.3. The van der Waals surface area contributed by atoms with Crippen molar-refractivity contribution in [2.45, 2.75) is 40.2 Å². The molecule has 7 heteroatoms. The maximum absolute atomic E-state index is 12.3. The van der Waals surface area contributed by atoms with Crippen molar-refractivity contribution in [1.82, 2.24) is 24.8 Å². The highest BCUT2D eigenvalue weighted by Crippen LogP contribution is 2.28. The Morgan fingerprint density at radius 2 is 1.78 bits per heavy atom. The molecule has 32 heavy (non-hydrogen) atoms. The summed E-state index contributed by atoms with van der Waals surface area (Å²) in [5.74, 6) is 0.796. The second kappa shape index (κ2) is 9.18. The van der Waals surface area contributed by atoms with Crippen LogP contribution in [0, 0.1) is 13.8 Å². The first-order chi connectivity index (χ1) is 15.5. The highest BCUT2D eigenvalue weighted by atomic mass is 16.5. The summed E-state index contributed by atoms with van der Waals surface area (Å²) >= 11 is 0. The molecule has 0 amide bonds. The molecule has 0 unspecified atom stereocenters. The van der Waals surface area contributed by atoms with Crippen molar-refractivity contribution in [3.8, 4) is 22.6 Å². The van der Waals surface area contributed by atoms with E-state index < -0.39 is 0 Å². The van der Waals surface area contributed by atoms with Crippen LogP contribution in [0.1, 0.15) is 35.7 Å². The first kappa shape index (κ1) is 21.5. The number of rotatable bonds is 7. The number of benzene rings is 2. The average Bonchev–Trinajstić information content (AvgIpc) is 3.12. The minimum absolute atomic E-state index is 0.295. The number of hydrogen-bond donors (Lipinski definition) is 0. The Bertz CT molecular complexity index is 1290. The largest absolute Gasteiger partial charge is 0.489 e. The van der Waals surface area contributed by atoms with Crippen LogP contribution < -0.4 is 10.4 Å². The number of aryl methyl sites for hydroxylation is 4. The van der Waals surface area contributed by atoms with E-state index in [1.165, 1.54) is 9.36 Å². The number of ether oxygens (including phenoxy) is 1. The van der Waals surface area contributed by atoms with E-state index in [0.717, 1.165) is 52.1 Å². The lowest BCUT2D eigenvalue weighted by Crippen LogP contribution is -2.23. The number of tetrazole rings is 1. The lowest BCUT2D eigenvalue weighted by molar-refractivity contribution is 0.302.